The van der Waals surface area contributed by atoms with Crippen LogP contribution < -0.4 is 5.32 Å². The predicted molar refractivity (Wildman–Crippen MR) is 101 cm³/mol. The molecule has 0 saturated carbocycles. The number of rotatable bonds is 5. The highest BCUT2D eigenvalue weighted by atomic mass is 32.1. The quantitative estimate of drug-likeness (QED) is 0.850. The maximum Gasteiger partial charge on any atom is 0.251 e. The third-order valence-electron chi connectivity index (χ3n) is 4.61. The Kier molecular flexibility index (Phi) is 5.25. The molecule has 5 heteroatoms. The highest BCUT2D eigenvalue weighted by Gasteiger charge is 2.25. The van der Waals surface area contributed by atoms with Crippen molar-refractivity contribution < 1.29 is 9.90 Å². The molecule has 3 rings (SSSR count). The molecule has 0 fully saturated rings. The van der Waals surface area contributed by atoms with Crippen LogP contribution in [0.25, 0.3) is 0 Å². The van der Waals surface area contributed by atoms with Gasteiger partial charge in [0.1, 0.15) is 0 Å². The monoisotopic (exact) mass is 358 g/mol. The molecule has 0 unspecified atom stereocenters. The van der Waals surface area contributed by atoms with Crippen molar-refractivity contribution in [3.8, 4) is 0 Å². The van der Waals surface area contributed by atoms with E-state index >= 15 is 0 Å². The van der Waals surface area contributed by atoms with Gasteiger partial charge in [-0.2, -0.15) is 0 Å². The van der Waals surface area contributed by atoms with Crippen molar-refractivity contribution in [2.24, 2.45) is 0 Å². The van der Waals surface area contributed by atoms with Crippen molar-refractivity contribution >= 4 is 17.2 Å². The molecule has 0 aliphatic heterocycles. The van der Waals surface area contributed by atoms with Gasteiger partial charge in [0.25, 0.3) is 5.91 Å². The number of fused-ring (bicyclic) bond motifs is 1. The van der Waals surface area contributed by atoms with Crippen molar-refractivity contribution in [1.29, 1.82) is 0 Å². The second-order valence-electron chi connectivity index (χ2n) is 7.47. The van der Waals surface area contributed by atoms with E-state index in [9.17, 15) is 9.90 Å². The summed E-state index contributed by atoms with van der Waals surface area (Å²) in [5.74, 6) is -0.0439. The topological polar surface area (TPSA) is 62.2 Å². The highest BCUT2D eigenvalue weighted by Crippen LogP contribution is 2.33. The first-order valence-electron chi connectivity index (χ1n) is 8.90. The maximum absolute atomic E-state index is 12.6. The molecule has 134 valence electrons. The third kappa shape index (κ3) is 4.67. The Morgan fingerprint density at radius 1 is 1.36 bits per heavy atom. The average Bonchev–Trinajstić information content (AvgIpc) is 2.94. The Labute approximate surface area is 153 Å². The van der Waals surface area contributed by atoms with Crippen LogP contribution in [0.15, 0.2) is 24.3 Å². The van der Waals surface area contributed by atoms with Gasteiger partial charge in [0.05, 0.1) is 22.3 Å². The van der Waals surface area contributed by atoms with E-state index in [1.807, 2.05) is 45.0 Å². The lowest BCUT2D eigenvalue weighted by atomic mass is 9.96. The van der Waals surface area contributed by atoms with Crippen molar-refractivity contribution in [2.45, 2.75) is 64.5 Å². The molecule has 1 aromatic carbocycles. The van der Waals surface area contributed by atoms with Gasteiger partial charge in [0.15, 0.2) is 0 Å². The summed E-state index contributed by atoms with van der Waals surface area (Å²) in [4.78, 5) is 18.5. The van der Waals surface area contributed by atoms with Crippen LogP contribution in [-0.4, -0.2) is 21.6 Å². The minimum absolute atomic E-state index is 0.0241. The van der Waals surface area contributed by atoms with E-state index in [4.69, 9.17) is 0 Å². The second kappa shape index (κ2) is 7.26. The Hall–Kier alpha value is -1.72. The van der Waals surface area contributed by atoms with Crippen LogP contribution in [0.5, 0.6) is 0 Å². The van der Waals surface area contributed by atoms with Crippen LogP contribution in [0.3, 0.4) is 0 Å². The number of carbonyl (C=O) groups is 1. The number of aromatic nitrogens is 1. The Balaban J connectivity index is 1.64. The standard InChI is InChI=1S/C20H26N2O2S/c1-13-21-18-16(5-4-6-17(18)25-13)22-19(23)15-9-7-14(8-10-15)11-12-20(2,3)24/h7-10,16,24H,4-6,11-12H2,1-3H3,(H,22,23)/t16-/m1/s1. The van der Waals surface area contributed by atoms with Crippen molar-refractivity contribution in [3.63, 3.8) is 0 Å². The fraction of sp³-hybridized carbons (Fsp3) is 0.500. The molecule has 2 aromatic rings. The van der Waals surface area contributed by atoms with Gasteiger partial charge in [-0.05, 0) is 70.6 Å². The third-order valence-corrected chi connectivity index (χ3v) is 5.65. The molecule has 1 aliphatic carbocycles. The Morgan fingerprint density at radius 2 is 2.08 bits per heavy atom. The summed E-state index contributed by atoms with van der Waals surface area (Å²) in [7, 11) is 0. The highest BCUT2D eigenvalue weighted by molar-refractivity contribution is 7.11. The fourth-order valence-electron chi connectivity index (χ4n) is 3.20. The minimum Gasteiger partial charge on any atom is -0.390 e. The van der Waals surface area contributed by atoms with Crippen LogP contribution in [0.2, 0.25) is 0 Å². The lowest BCUT2D eigenvalue weighted by Gasteiger charge is -2.22. The number of aliphatic hydroxyl groups is 1. The summed E-state index contributed by atoms with van der Waals surface area (Å²) in [5, 5.41) is 14.0. The van der Waals surface area contributed by atoms with Crippen LogP contribution >= 0.6 is 11.3 Å². The van der Waals surface area contributed by atoms with Crippen molar-refractivity contribution in [2.75, 3.05) is 0 Å². The maximum atomic E-state index is 12.6. The first-order chi connectivity index (χ1) is 11.8. The second-order valence-corrected chi connectivity index (χ2v) is 8.76. The molecule has 2 N–H and O–H groups in total. The SMILES string of the molecule is Cc1nc2c(s1)CCC[C@H]2NC(=O)c1ccc(CCC(C)(C)O)cc1. The van der Waals surface area contributed by atoms with E-state index in [1.54, 1.807) is 11.3 Å². The number of amides is 1. The molecular formula is C20H26N2O2S. The smallest absolute Gasteiger partial charge is 0.251 e. The van der Waals surface area contributed by atoms with Gasteiger partial charge in [-0.15, -0.1) is 11.3 Å². The van der Waals surface area contributed by atoms with E-state index in [1.165, 1.54) is 4.88 Å². The van der Waals surface area contributed by atoms with Gasteiger partial charge in [-0.3, -0.25) is 4.79 Å². The molecule has 1 aromatic heterocycles. The van der Waals surface area contributed by atoms with E-state index in [2.05, 4.69) is 10.3 Å². The van der Waals surface area contributed by atoms with Crippen LogP contribution in [0.4, 0.5) is 0 Å². The van der Waals surface area contributed by atoms with Gasteiger partial charge < -0.3 is 10.4 Å². The number of carbonyl (C=O) groups excluding carboxylic acids is 1. The average molecular weight is 359 g/mol. The number of nitrogens with zero attached hydrogens (tertiary/aromatic N) is 1. The first-order valence-corrected chi connectivity index (χ1v) is 9.72. The number of hydrogen-bond acceptors (Lipinski definition) is 4. The summed E-state index contributed by atoms with van der Waals surface area (Å²) in [5.41, 5.74) is 2.20. The number of thiazole rings is 1. The molecular weight excluding hydrogens is 332 g/mol. The fourth-order valence-corrected chi connectivity index (χ4v) is 4.23. The molecule has 1 aliphatic rings. The van der Waals surface area contributed by atoms with Crippen LogP contribution in [0.1, 0.15) is 70.7 Å². The summed E-state index contributed by atoms with van der Waals surface area (Å²) in [6.45, 7) is 5.65. The number of aryl methyl sites for hydroxylation is 3. The number of benzene rings is 1. The Morgan fingerprint density at radius 3 is 2.76 bits per heavy atom. The summed E-state index contributed by atoms with van der Waals surface area (Å²) < 4.78 is 0. The predicted octanol–water partition coefficient (Wildman–Crippen LogP) is 3.96. The largest absolute Gasteiger partial charge is 0.390 e. The van der Waals surface area contributed by atoms with Gasteiger partial charge in [-0.1, -0.05) is 12.1 Å². The summed E-state index contributed by atoms with van der Waals surface area (Å²) in [6.07, 6.45) is 4.62. The first kappa shape index (κ1) is 18.1. The molecule has 25 heavy (non-hydrogen) atoms. The zero-order chi connectivity index (χ0) is 18.0. The van der Waals surface area contributed by atoms with Gasteiger partial charge in [0.2, 0.25) is 0 Å². The van der Waals surface area contributed by atoms with Gasteiger partial charge >= 0.3 is 0 Å². The molecule has 0 radical (unpaired) electrons. The zero-order valence-electron chi connectivity index (χ0n) is 15.1. The molecule has 4 nitrogen and oxygen atoms in total. The van der Waals surface area contributed by atoms with Gasteiger partial charge in [0, 0.05) is 10.4 Å². The van der Waals surface area contributed by atoms with E-state index < -0.39 is 5.60 Å². The van der Waals surface area contributed by atoms with Crippen LogP contribution in [-0.2, 0) is 12.8 Å². The van der Waals surface area contributed by atoms with E-state index in [-0.39, 0.29) is 11.9 Å². The van der Waals surface area contributed by atoms with E-state index in [0.29, 0.717) is 12.0 Å². The molecule has 1 amide bonds. The lowest BCUT2D eigenvalue weighted by Crippen LogP contribution is -2.31. The Bertz CT molecular complexity index is 744. The molecule has 0 bridgehead atoms. The van der Waals surface area contributed by atoms with Gasteiger partial charge in [-0.25, -0.2) is 4.98 Å². The van der Waals surface area contributed by atoms with Crippen molar-refractivity contribution in [1.82, 2.24) is 10.3 Å². The normalized spacial score (nSPS) is 17.2. The molecule has 0 saturated heterocycles. The number of hydrogen-bond donors (Lipinski definition) is 2. The minimum atomic E-state index is -0.666. The number of nitrogens with one attached hydrogen (secondary N) is 1. The molecule has 0 spiro atoms. The molecule has 1 heterocycles. The lowest BCUT2D eigenvalue weighted by molar-refractivity contribution is 0.0713. The molecule has 1 atom stereocenters. The van der Waals surface area contributed by atoms with Crippen LogP contribution in [0, 0.1) is 6.92 Å². The summed E-state index contributed by atoms with van der Waals surface area (Å²) >= 11 is 1.74. The zero-order valence-corrected chi connectivity index (χ0v) is 15.9. The van der Waals surface area contributed by atoms with E-state index in [0.717, 1.165) is 41.9 Å². The van der Waals surface area contributed by atoms with Crippen molar-refractivity contribution in [3.05, 3.63) is 51.0 Å². The summed E-state index contributed by atoms with van der Waals surface area (Å²) in [6, 6.07) is 7.70.